The first-order valence-corrected chi connectivity index (χ1v) is 9.33. The van der Waals surface area contributed by atoms with Crippen LogP contribution in [0.4, 0.5) is 5.69 Å². The molecular formula is C20H28N3O2. The Hall–Kier alpha value is -1.88. The molecule has 5 nitrogen and oxygen atoms in total. The van der Waals surface area contributed by atoms with Gasteiger partial charge in [0.2, 0.25) is 11.8 Å². The quantitative estimate of drug-likeness (QED) is 0.677. The minimum Gasteiger partial charge on any atom is -0.370 e. The van der Waals surface area contributed by atoms with Crippen LogP contribution < -0.4 is 11.1 Å². The van der Waals surface area contributed by atoms with Crippen LogP contribution in [0.1, 0.15) is 50.5 Å². The Morgan fingerprint density at radius 2 is 1.84 bits per heavy atom. The minimum atomic E-state index is -0.327. The topological polar surface area (TPSA) is 75.4 Å². The molecule has 135 valence electrons. The van der Waals surface area contributed by atoms with Gasteiger partial charge in [0.25, 0.3) is 0 Å². The monoisotopic (exact) mass is 342 g/mol. The van der Waals surface area contributed by atoms with Crippen molar-refractivity contribution in [3.63, 3.8) is 0 Å². The van der Waals surface area contributed by atoms with Gasteiger partial charge in [-0.1, -0.05) is 12.1 Å². The lowest BCUT2D eigenvalue weighted by Crippen LogP contribution is -2.30. The first-order valence-electron chi connectivity index (χ1n) is 9.33. The summed E-state index contributed by atoms with van der Waals surface area (Å²) in [6.45, 7) is 3.65. The van der Waals surface area contributed by atoms with Gasteiger partial charge in [0.05, 0.1) is 0 Å². The highest BCUT2D eigenvalue weighted by Crippen LogP contribution is 2.49. The first-order chi connectivity index (χ1) is 12.1. The average Bonchev–Trinajstić information content (AvgIpc) is 3.18. The zero-order valence-corrected chi connectivity index (χ0v) is 14.8. The van der Waals surface area contributed by atoms with Crippen LogP contribution in [0, 0.1) is 6.42 Å². The Kier molecular flexibility index (Phi) is 5.74. The summed E-state index contributed by atoms with van der Waals surface area (Å²) in [7, 11) is 0. The van der Waals surface area contributed by atoms with Crippen molar-refractivity contribution in [3.05, 3.63) is 36.2 Å². The number of rotatable bonds is 9. The fourth-order valence-electron chi connectivity index (χ4n) is 3.67. The molecule has 2 aliphatic rings. The van der Waals surface area contributed by atoms with Crippen molar-refractivity contribution < 1.29 is 9.59 Å². The lowest BCUT2D eigenvalue weighted by atomic mass is 9.95. The maximum absolute atomic E-state index is 11.9. The van der Waals surface area contributed by atoms with Crippen LogP contribution in [0.3, 0.4) is 0 Å². The maximum Gasteiger partial charge on any atom is 0.228 e. The number of benzene rings is 1. The second-order valence-corrected chi connectivity index (χ2v) is 7.39. The van der Waals surface area contributed by atoms with E-state index in [0.717, 1.165) is 5.69 Å². The maximum atomic E-state index is 11.9. The number of anilines is 1. The molecule has 0 aromatic heterocycles. The zero-order chi connectivity index (χ0) is 17.7. The summed E-state index contributed by atoms with van der Waals surface area (Å²) in [4.78, 5) is 25.1. The summed E-state index contributed by atoms with van der Waals surface area (Å²) in [5.74, 6) is -0.456. The molecule has 5 heteroatoms. The van der Waals surface area contributed by atoms with Crippen LogP contribution in [-0.4, -0.2) is 36.3 Å². The molecule has 1 saturated heterocycles. The molecule has 25 heavy (non-hydrogen) atoms. The number of nitrogens with zero attached hydrogens (tertiary/aromatic N) is 1. The van der Waals surface area contributed by atoms with Gasteiger partial charge in [-0.05, 0) is 69.3 Å². The SMILES string of the molecule is NC(=O)CCC[CH]C(=O)Nc1ccc(C2(CN3CCCC3)CC2)cc1. The van der Waals surface area contributed by atoms with Crippen molar-refractivity contribution in [1.29, 1.82) is 0 Å². The molecule has 0 unspecified atom stereocenters. The number of carbonyl (C=O) groups excluding carboxylic acids is 2. The Morgan fingerprint density at radius 3 is 2.44 bits per heavy atom. The minimum absolute atomic E-state index is 0.129. The van der Waals surface area contributed by atoms with Crippen LogP contribution in [-0.2, 0) is 15.0 Å². The third kappa shape index (κ3) is 5.05. The fourth-order valence-corrected chi connectivity index (χ4v) is 3.67. The number of carbonyl (C=O) groups is 2. The molecule has 0 atom stereocenters. The third-order valence-corrected chi connectivity index (χ3v) is 5.30. The van der Waals surface area contributed by atoms with E-state index in [1.54, 1.807) is 6.42 Å². The molecule has 3 rings (SSSR count). The van der Waals surface area contributed by atoms with Gasteiger partial charge in [-0.2, -0.15) is 0 Å². The predicted molar refractivity (Wildman–Crippen MR) is 99.0 cm³/mol. The molecule has 2 amide bonds. The van der Waals surface area contributed by atoms with E-state index < -0.39 is 0 Å². The lowest BCUT2D eigenvalue weighted by Gasteiger charge is -2.23. The largest absolute Gasteiger partial charge is 0.370 e. The number of likely N-dealkylation sites (tertiary alicyclic amines) is 1. The highest BCUT2D eigenvalue weighted by atomic mass is 16.1. The number of hydrogen-bond donors (Lipinski definition) is 2. The summed E-state index contributed by atoms with van der Waals surface area (Å²) in [5.41, 5.74) is 7.63. The molecular weight excluding hydrogens is 314 g/mol. The number of nitrogens with one attached hydrogen (secondary N) is 1. The highest BCUT2D eigenvalue weighted by molar-refractivity contribution is 5.97. The second-order valence-electron chi connectivity index (χ2n) is 7.39. The van der Waals surface area contributed by atoms with Crippen LogP contribution in [0.25, 0.3) is 0 Å². The third-order valence-electron chi connectivity index (χ3n) is 5.30. The van der Waals surface area contributed by atoms with E-state index in [0.29, 0.717) is 24.7 Å². The van der Waals surface area contributed by atoms with E-state index in [1.807, 2.05) is 12.1 Å². The molecule has 1 aliphatic carbocycles. The molecule has 1 aromatic carbocycles. The van der Waals surface area contributed by atoms with Gasteiger partial charge in [0.15, 0.2) is 0 Å². The van der Waals surface area contributed by atoms with Crippen LogP contribution in [0.5, 0.6) is 0 Å². The molecule has 1 radical (unpaired) electrons. The first kappa shape index (κ1) is 17.9. The molecule has 0 bridgehead atoms. The van der Waals surface area contributed by atoms with E-state index in [2.05, 4.69) is 22.3 Å². The van der Waals surface area contributed by atoms with Gasteiger partial charge >= 0.3 is 0 Å². The molecule has 2 fully saturated rings. The summed E-state index contributed by atoms with van der Waals surface area (Å²) >= 11 is 0. The number of nitrogens with two attached hydrogens (primary N) is 1. The lowest BCUT2D eigenvalue weighted by molar-refractivity contribution is -0.118. The average molecular weight is 342 g/mol. The fraction of sp³-hybridized carbons (Fsp3) is 0.550. The van der Waals surface area contributed by atoms with E-state index in [4.69, 9.17) is 5.73 Å². The summed E-state index contributed by atoms with van der Waals surface area (Å²) in [6.07, 6.45) is 8.26. The molecule has 1 aromatic rings. The van der Waals surface area contributed by atoms with Crippen LogP contribution >= 0.6 is 0 Å². The Bertz CT molecular complexity index is 602. The Balaban J connectivity index is 1.47. The van der Waals surface area contributed by atoms with Crippen LogP contribution in [0.15, 0.2) is 24.3 Å². The smallest absolute Gasteiger partial charge is 0.228 e. The predicted octanol–water partition coefficient (Wildman–Crippen LogP) is 2.61. The van der Waals surface area contributed by atoms with Gasteiger partial charge in [0, 0.05) is 30.5 Å². The number of unbranched alkanes of at least 4 members (excludes halogenated alkanes) is 1. The molecule has 1 saturated carbocycles. The van der Waals surface area contributed by atoms with Crippen molar-refractivity contribution >= 4 is 17.5 Å². The Labute approximate surface area is 150 Å². The molecule has 1 aliphatic heterocycles. The van der Waals surface area contributed by atoms with Gasteiger partial charge < -0.3 is 16.0 Å². The van der Waals surface area contributed by atoms with Gasteiger partial charge in [-0.25, -0.2) is 0 Å². The zero-order valence-electron chi connectivity index (χ0n) is 14.8. The summed E-state index contributed by atoms with van der Waals surface area (Å²) < 4.78 is 0. The normalized spacial score (nSPS) is 18.9. The van der Waals surface area contributed by atoms with E-state index in [9.17, 15) is 9.59 Å². The van der Waals surface area contributed by atoms with Gasteiger partial charge in [-0.3, -0.25) is 9.59 Å². The standard InChI is InChI=1S/C20H28N3O2/c21-18(24)5-1-2-6-19(25)22-17-9-7-16(8-10-17)20(11-12-20)15-23-13-3-4-14-23/h6-10H,1-5,11-15H2,(H2,21,24)(H,22,25). The molecule has 1 heterocycles. The number of hydrogen-bond acceptors (Lipinski definition) is 3. The van der Waals surface area contributed by atoms with Gasteiger partial charge in [0.1, 0.15) is 0 Å². The van der Waals surface area contributed by atoms with Gasteiger partial charge in [-0.15, -0.1) is 0 Å². The van der Waals surface area contributed by atoms with E-state index in [-0.39, 0.29) is 11.8 Å². The van der Waals surface area contributed by atoms with Crippen molar-refractivity contribution in [2.75, 3.05) is 25.0 Å². The molecule has 0 spiro atoms. The van der Waals surface area contributed by atoms with Crippen molar-refractivity contribution in [2.24, 2.45) is 5.73 Å². The summed E-state index contributed by atoms with van der Waals surface area (Å²) in [5, 5.41) is 2.88. The number of primary amides is 1. The van der Waals surface area contributed by atoms with Crippen molar-refractivity contribution in [3.8, 4) is 0 Å². The van der Waals surface area contributed by atoms with E-state index in [1.165, 1.54) is 50.9 Å². The van der Waals surface area contributed by atoms with Crippen LogP contribution in [0.2, 0.25) is 0 Å². The Morgan fingerprint density at radius 1 is 1.16 bits per heavy atom. The van der Waals surface area contributed by atoms with Crippen molar-refractivity contribution in [1.82, 2.24) is 4.90 Å². The molecule has 3 N–H and O–H groups in total. The second kappa shape index (κ2) is 8.00. The highest BCUT2D eigenvalue weighted by Gasteiger charge is 2.45. The van der Waals surface area contributed by atoms with E-state index >= 15 is 0 Å². The van der Waals surface area contributed by atoms with Crippen molar-refractivity contribution in [2.45, 2.75) is 50.4 Å². The number of amides is 2. The summed E-state index contributed by atoms with van der Waals surface area (Å²) in [6, 6.07) is 8.31.